The molecule has 0 aliphatic carbocycles. The van der Waals surface area contributed by atoms with Crippen LogP contribution < -0.4 is 0 Å². The molecule has 0 fully saturated rings. The monoisotopic (exact) mass is 279 g/mol. The maximum atomic E-state index is 4.44. The Balaban J connectivity index is 2.46. The maximum Gasteiger partial charge on any atom is 0.152 e. The van der Waals surface area contributed by atoms with E-state index in [4.69, 9.17) is 0 Å². The van der Waals surface area contributed by atoms with Gasteiger partial charge in [0.25, 0.3) is 0 Å². The van der Waals surface area contributed by atoms with Crippen LogP contribution in [-0.2, 0) is 6.42 Å². The fourth-order valence-corrected chi connectivity index (χ4v) is 2.29. The largest absolute Gasteiger partial charge is 0.287 e. The summed E-state index contributed by atoms with van der Waals surface area (Å²) >= 11 is 3.54. The fraction of sp³-hybridized carbons (Fsp3) is 0.333. The Morgan fingerprint density at radius 2 is 2.19 bits per heavy atom. The first-order valence-corrected chi connectivity index (χ1v) is 6.16. The molecule has 0 aliphatic rings. The zero-order valence-electron chi connectivity index (χ0n) is 9.44. The molecule has 0 amide bonds. The van der Waals surface area contributed by atoms with Gasteiger partial charge in [0, 0.05) is 25.0 Å². The molecule has 2 aromatic rings. The lowest BCUT2D eigenvalue weighted by atomic mass is 10.3. The van der Waals surface area contributed by atoms with E-state index in [0.29, 0.717) is 0 Å². The van der Waals surface area contributed by atoms with E-state index in [9.17, 15) is 0 Å². The van der Waals surface area contributed by atoms with Gasteiger partial charge in [-0.05, 0) is 40.9 Å². The summed E-state index contributed by atoms with van der Waals surface area (Å²) in [6, 6.07) is 2.07. The molecule has 2 heterocycles. The van der Waals surface area contributed by atoms with Crippen LogP contribution in [-0.4, -0.2) is 14.5 Å². The number of imidazole rings is 1. The second-order valence-electron chi connectivity index (χ2n) is 3.78. The molecule has 2 aromatic heterocycles. The molecule has 0 saturated carbocycles. The smallest absolute Gasteiger partial charge is 0.152 e. The Labute approximate surface area is 104 Å². The third kappa shape index (κ3) is 2.16. The number of pyridine rings is 1. The number of aryl methyl sites for hydroxylation is 2. The van der Waals surface area contributed by atoms with Gasteiger partial charge in [-0.1, -0.05) is 6.92 Å². The highest BCUT2D eigenvalue weighted by Gasteiger charge is 2.08. The van der Waals surface area contributed by atoms with E-state index in [1.165, 1.54) is 0 Å². The number of hydrogen-bond acceptors (Lipinski definition) is 2. The molecule has 0 atom stereocenters. The average molecular weight is 280 g/mol. The molecule has 0 aliphatic heterocycles. The summed E-state index contributed by atoms with van der Waals surface area (Å²) < 4.78 is 3.04. The van der Waals surface area contributed by atoms with Crippen molar-refractivity contribution in [2.24, 2.45) is 0 Å². The van der Waals surface area contributed by atoms with Crippen molar-refractivity contribution in [2.75, 3.05) is 0 Å². The number of halogens is 1. The van der Waals surface area contributed by atoms with Crippen molar-refractivity contribution in [3.8, 4) is 5.82 Å². The SMILES string of the molecule is CCCc1nccn1-c1ncc(C)cc1Br. The van der Waals surface area contributed by atoms with Crippen molar-refractivity contribution in [2.45, 2.75) is 26.7 Å². The lowest BCUT2D eigenvalue weighted by Gasteiger charge is -2.08. The van der Waals surface area contributed by atoms with Crippen LogP contribution in [0.3, 0.4) is 0 Å². The third-order valence-electron chi connectivity index (χ3n) is 2.38. The van der Waals surface area contributed by atoms with Crippen LogP contribution >= 0.6 is 15.9 Å². The van der Waals surface area contributed by atoms with Crippen molar-refractivity contribution in [3.05, 3.63) is 40.5 Å². The van der Waals surface area contributed by atoms with Crippen LogP contribution in [0.2, 0.25) is 0 Å². The number of rotatable bonds is 3. The lowest BCUT2D eigenvalue weighted by molar-refractivity contribution is 0.796. The Kier molecular flexibility index (Phi) is 3.39. The molecule has 4 heteroatoms. The second kappa shape index (κ2) is 4.78. The summed E-state index contributed by atoms with van der Waals surface area (Å²) in [4.78, 5) is 8.79. The molecule has 0 unspecified atom stereocenters. The van der Waals surface area contributed by atoms with Crippen molar-refractivity contribution in [3.63, 3.8) is 0 Å². The first-order valence-electron chi connectivity index (χ1n) is 5.37. The summed E-state index contributed by atoms with van der Waals surface area (Å²) in [5.41, 5.74) is 1.15. The first kappa shape index (κ1) is 11.3. The maximum absolute atomic E-state index is 4.44. The van der Waals surface area contributed by atoms with Gasteiger partial charge in [-0.3, -0.25) is 4.57 Å². The molecule has 84 valence electrons. The van der Waals surface area contributed by atoms with Gasteiger partial charge in [0.2, 0.25) is 0 Å². The number of nitrogens with zero attached hydrogens (tertiary/aromatic N) is 3. The molecular formula is C12H14BrN3. The van der Waals surface area contributed by atoms with Gasteiger partial charge in [0.15, 0.2) is 5.82 Å². The molecule has 0 saturated heterocycles. The topological polar surface area (TPSA) is 30.7 Å². The molecule has 0 spiro atoms. The van der Waals surface area contributed by atoms with Crippen LogP contribution in [0.5, 0.6) is 0 Å². The minimum absolute atomic E-state index is 0.909. The zero-order chi connectivity index (χ0) is 11.5. The minimum Gasteiger partial charge on any atom is -0.287 e. The van der Waals surface area contributed by atoms with Gasteiger partial charge >= 0.3 is 0 Å². The Morgan fingerprint density at radius 1 is 1.38 bits per heavy atom. The van der Waals surface area contributed by atoms with E-state index >= 15 is 0 Å². The zero-order valence-corrected chi connectivity index (χ0v) is 11.0. The van der Waals surface area contributed by atoms with Crippen molar-refractivity contribution in [1.82, 2.24) is 14.5 Å². The van der Waals surface area contributed by atoms with Gasteiger partial charge < -0.3 is 0 Å². The summed E-state index contributed by atoms with van der Waals surface area (Å²) in [6.07, 6.45) is 7.69. The van der Waals surface area contributed by atoms with Gasteiger partial charge in [-0.2, -0.15) is 0 Å². The summed E-state index contributed by atoms with van der Waals surface area (Å²) in [7, 11) is 0. The fourth-order valence-electron chi connectivity index (χ4n) is 1.64. The predicted molar refractivity (Wildman–Crippen MR) is 67.8 cm³/mol. The van der Waals surface area contributed by atoms with Crippen LogP contribution in [0.15, 0.2) is 29.1 Å². The molecule has 16 heavy (non-hydrogen) atoms. The lowest BCUT2D eigenvalue weighted by Crippen LogP contribution is -2.03. The van der Waals surface area contributed by atoms with Crippen LogP contribution in [0, 0.1) is 6.92 Å². The Morgan fingerprint density at radius 3 is 2.88 bits per heavy atom. The van der Waals surface area contributed by atoms with Crippen LogP contribution in [0.1, 0.15) is 24.7 Å². The van der Waals surface area contributed by atoms with Crippen molar-refractivity contribution in [1.29, 1.82) is 0 Å². The number of aromatic nitrogens is 3. The Hall–Kier alpha value is -1.16. The Bertz CT molecular complexity index is 491. The molecule has 0 bridgehead atoms. The quantitative estimate of drug-likeness (QED) is 0.863. The average Bonchev–Trinajstić information content (AvgIpc) is 2.67. The minimum atomic E-state index is 0.909. The van der Waals surface area contributed by atoms with E-state index in [0.717, 1.165) is 34.5 Å². The van der Waals surface area contributed by atoms with Gasteiger partial charge in [-0.15, -0.1) is 0 Å². The third-order valence-corrected chi connectivity index (χ3v) is 2.96. The molecular weight excluding hydrogens is 266 g/mol. The van der Waals surface area contributed by atoms with E-state index in [1.54, 1.807) is 0 Å². The second-order valence-corrected chi connectivity index (χ2v) is 4.64. The first-order chi connectivity index (χ1) is 7.72. The van der Waals surface area contributed by atoms with E-state index in [-0.39, 0.29) is 0 Å². The van der Waals surface area contributed by atoms with E-state index in [1.807, 2.05) is 30.1 Å². The van der Waals surface area contributed by atoms with E-state index in [2.05, 4.69) is 38.9 Å². The van der Waals surface area contributed by atoms with Gasteiger partial charge in [0.1, 0.15) is 5.82 Å². The molecule has 2 rings (SSSR count). The molecule has 0 radical (unpaired) electrons. The molecule has 3 nitrogen and oxygen atoms in total. The normalized spacial score (nSPS) is 10.7. The summed E-state index contributed by atoms with van der Waals surface area (Å²) in [5.74, 6) is 1.96. The van der Waals surface area contributed by atoms with Crippen molar-refractivity contribution >= 4 is 15.9 Å². The van der Waals surface area contributed by atoms with Gasteiger partial charge in [0.05, 0.1) is 4.47 Å². The molecule has 0 aromatic carbocycles. The standard InChI is InChI=1S/C12H14BrN3/c1-3-4-11-14-5-6-16(11)12-10(13)7-9(2)8-15-12/h5-8H,3-4H2,1-2H3. The van der Waals surface area contributed by atoms with Crippen LogP contribution in [0.4, 0.5) is 0 Å². The van der Waals surface area contributed by atoms with E-state index < -0.39 is 0 Å². The van der Waals surface area contributed by atoms with Gasteiger partial charge in [-0.25, -0.2) is 9.97 Å². The van der Waals surface area contributed by atoms with Crippen LogP contribution in [0.25, 0.3) is 5.82 Å². The predicted octanol–water partition coefficient (Wildman–Crippen LogP) is 3.29. The van der Waals surface area contributed by atoms with Crippen molar-refractivity contribution < 1.29 is 0 Å². The number of hydrogen-bond donors (Lipinski definition) is 0. The highest BCUT2D eigenvalue weighted by atomic mass is 79.9. The highest BCUT2D eigenvalue weighted by Crippen LogP contribution is 2.21. The summed E-state index contributed by atoms with van der Waals surface area (Å²) in [6.45, 7) is 4.18. The summed E-state index contributed by atoms with van der Waals surface area (Å²) in [5, 5.41) is 0. The molecule has 0 N–H and O–H groups in total. The highest BCUT2D eigenvalue weighted by molar-refractivity contribution is 9.10.